The molecule has 7 heteroatoms. The van der Waals surface area contributed by atoms with E-state index in [-0.39, 0.29) is 39.3 Å². The molecular weight excluding hydrogens is 400 g/mol. The topological polar surface area (TPSA) is 88.1 Å². The fraction of sp³-hybridized carbons (Fsp3) is 0.875. The zero-order chi connectivity index (χ0) is 23.4. The quantitative estimate of drug-likeness (QED) is 0.146. The summed E-state index contributed by atoms with van der Waals surface area (Å²) in [4.78, 5) is 38.0. The van der Waals surface area contributed by atoms with E-state index in [1.165, 1.54) is 0 Å². The molecule has 0 aliphatic carbocycles. The Hall–Kier alpha value is -1.63. The van der Waals surface area contributed by atoms with E-state index in [0.717, 1.165) is 51.4 Å². The van der Waals surface area contributed by atoms with Gasteiger partial charge in [0.25, 0.3) is 0 Å². The molecule has 1 atom stereocenters. The molecule has 31 heavy (non-hydrogen) atoms. The van der Waals surface area contributed by atoms with Crippen LogP contribution in [0.25, 0.3) is 0 Å². The number of rotatable bonds is 20. The Morgan fingerprint density at radius 3 is 1.52 bits per heavy atom. The van der Waals surface area contributed by atoms with E-state index in [2.05, 4.69) is 6.92 Å². The predicted octanol–water partition coefficient (Wildman–Crippen LogP) is 5.13. The van der Waals surface area contributed by atoms with Crippen molar-refractivity contribution >= 4 is 17.9 Å². The Morgan fingerprint density at radius 1 is 0.548 bits per heavy atom. The number of hydrogen-bond donors (Lipinski definition) is 0. The van der Waals surface area contributed by atoms with E-state index in [1.54, 1.807) is 0 Å². The molecule has 0 N–H and O–H groups in total. The lowest BCUT2D eigenvalue weighted by molar-refractivity contribution is -0.186. The third-order valence-corrected chi connectivity index (χ3v) is 4.86. The van der Waals surface area contributed by atoms with Gasteiger partial charge >= 0.3 is 17.9 Å². The first kappa shape index (κ1) is 29.4. The molecule has 0 aliphatic heterocycles. The Morgan fingerprint density at radius 2 is 1.00 bits per heavy atom. The van der Waals surface area contributed by atoms with Crippen LogP contribution < -0.4 is 0 Å². The van der Waals surface area contributed by atoms with Gasteiger partial charge in [0.1, 0.15) is 0 Å². The summed E-state index contributed by atoms with van der Waals surface area (Å²) >= 11 is 0. The zero-order valence-electron chi connectivity index (χ0n) is 20.2. The molecule has 0 heterocycles. The van der Waals surface area contributed by atoms with Crippen LogP contribution in [0.1, 0.15) is 105 Å². The number of ether oxygens (including phenoxy) is 4. The van der Waals surface area contributed by atoms with Crippen LogP contribution in [0.3, 0.4) is 0 Å². The molecule has 0 fully saturated rings. The average molecular weight is 445 g/mol. The highest BCUT2D eigenvalue weighted by molar-refractivity contribution is 5.90. The minimum atomic E-state index is -1.72. The summed E-state index contributed by atoms with van der Waals surface area (Å²) in [5.74, 6) is -1.85. The molecule has 7 nitrogen and oxygen atoms in total. The highest BCUT2D eigenvalue weighted by Crippen LogP contribution is 2.26. The summed E-state index contributed by atoms with van der Waals surface area (Å²) < 4.78 is 21.8. The van der Waals surface area contributed by atoms with Gasteiger partial charge in [-0.15, -0.1) is 0 Å². The predicted molar refractivity (Wildman–Crippen MR) is 120 cm³/mol. The maximum absolute atomic E-state index is 13.0. The molecule has 1 unspecified atom stereocenters. The normalized spacial score (nSPS) is 12.8. The van der Waals surface area contributed by atoms with Crippen LogP contribution in [-0.4, -0.2) is 49.9 Å². The van der Waals surface area contributed by atoms with Crippen molar-refractivity contribution < 1.29 is 33.3 Å². The van der Waals surface area contributed by atoms with Crippen LogP contribution in [0.5, 0.6) is 0 Å². The summed E-state index contributed by atoms with van der Waals surface area (Å²) in [6, 6.07) is 0. The van der Waals surface area contributed by atoms with Crippen molar-refractivity contribution in [2.24, 2.45) is 0 Å². The number of esters is 3. The SMILES string of the molecule is CCCCCCOC(=O)CC(CC(=O)OCCCC)(OCCCC)C(=O)OCCCC. The Balaban J connectivity index is 5.30. The molecule has 0 rings (SSSR count). The number of carbonyl (C=O) groups excluding carboxylic acids is 3. The van der Waals surface area contributed by atoms with Gasteiger partial charge in [-0.05, 0) is 25.7 Å². The number of hydrogen-bond acceptors (Lipinski definition) is 7. The molecule has 0 saturated heterocycles. The second-order valence-electron chi connectivity index (χ2n) is 7.89. The van der Waals surface area contributed by atoms with Gasteiger partial charge in [0.2, 0.25) is 0 Å². The van der Waals surface area contributed by atoms with Crippen molar-refractivity contribution in [3.63, 3.8) is 0 Å². The molecule has 0 amide bonds. The van der Waals surface area contributed by atoms with Crippen molar-refractivity contribution in [2.45, 2.75) is 110 Å². The van der Waals surface area contributed by atoms with Gasteiger partial charge in [-0.3, -0.25) is 9.59 Å². The van der Waals surface area contributed by atoms with Crippen molar-refractivity contribution in [1.29, 1.82) is 0 Å². The van der Waals surface area contributed by atoms with Gasteiger partial charge in [0, 0.05) is 6.61 Å². The standard InChI is InChI=1S/C24H44O7/c1-5-9-13-14-17-29-22(26)20-24(31-18-12-8-4,23(27)30-16-11-7-3)19-21(25)28-15-10-6-2/h5-20H2,1-4H3. The molecular formula is C24H44O7. The Bertz CT molecular complexity index is 492. The van der Waals surface area contributed by atoms with Gasteiger partial charge in [0.15, 0.2) is 5.60 Å². The lowest BCUT2D eigenvalue weighted by atomic mass is 9.94. The smallest absolute Gasteiger partial charge is 0.339 e. The fourth-order valence-electron chi connectivity index (χ4n) is 2.83. The second kappa shape index (κ2) is 19.1. The molecule has 182 valence electrons. The van der Waals surface area contributed by atoms with Crippen LogP contribution >= 0.6 is 0 Å². The summed E-state index contributed by atoms with van der Waals surface area (Å²) in [6.07, 6.45) is 7.90. The summed E-state index contributed by atoms with van der Waals surface area (Å²) in [5, 5.41) is 0. The van der Waals surface area contributed by atoms with Crippen LogP contribution in [0.4, 0.5) is 0 Å². The van der Waals surface area contributed by atoms with Gasteiger partial charge in [-0.1, -0.05) is 66.2 Å². The maximum atomic E-state index is 13.0. The minimum Gasteiger partial charge on any atom is -0.466 e. The Kier molecular flexibility index (Phi) is 18.1. The third kappa shape index (κ3) is 14.1. The van der Waals surface area contributed by atoms with E-state index in [1.807, 2.05) is 20.8 Å². The van der Waals surface area contributed by atoms with Crippen LogP contribution in [0, 0.1) is 0 Å². The Labute approximate surface area is 188 Å². The first-order valence-electron chi connectivity index (χ1n) is 12.1. The molecule has 0 radical (unpaired) electrons. The molecule has 0 aromatic rings. The first-order chi connectivity index (χ1) is 15.0. The summed E-state index contributed by atoms with van der Waals surface area (Å²) in [7, 11) is 0. The largest absolute Gasteiger partial charge is 0.466 e. The highest BCUT2D eigenvalue weighted by Gasteiger charge is 2.46. The maximum Gasteiger partial charge on any atom is 0.339 e. The third-order valence-electron chi connectivity index (χ3n) is 4.86. The molecule has 0 aromatic heterocycles. The minimum absolute atomic E-state index is 0.213. The summed E-state index contributed by atoms with van der Waals surface area (Å²) in [6.45, 7) is 9.10. The van der Waals surface area contributed by atoms with Gasteiger partial charge in [0.05, 0.1) is 32.7 Å². The first-order valence-corrected chi connectivity index (χ1v) is 12.1. The van der Waals surface area contributed by atoms with E-state index in [0.29, 0.717) is 12.8 Å². The molecule has 0 aliphatic rings. The van der Waals surface area contributed by atoms with Crippen LogP contribution in [-0.2, 0) is 33.3 Å². The second-order valence-corrected chi connectivity index (χ2v) is 7.89. The van der Waals surface area contributed by atoms with Gasteiger partial charge in [-0.2, -0.15) is 0 Å². The van der Waals surface area contributed by atoms with Gasteiger partial charge < -0.3 is 18.9 Å². The average Bonchev–Trinajstić information content (AvgIpc) is 2.74. The summed E-state index contributed by atoms with van der Waals surface area (Å²) in [5.41, 5.74) is -1.72. The fourth-order valence-corrected chi connectivity index (χ4v) is 2.83. The number of carbonyl (C=O) groups is 3. The van der Waals surface area contributed by atoms with Crippen molar-refractivity contribution in [3.8, 4) is 0 Å². The van der Waals surface area contributed by atoms with Crippen molar-refractivity contribution in [1.82, 2.24) is 0 Å². The molecule has 0 aromatic carbocycles. The monoisotopic (exact) mass is 444 g/mol. The molecule has 0 saturated carbocycles. The van der Waals surface area contributed by atoms with E-state index < -0.39 is 23.5 Å². The highest BCUT2D eigenvalue weighted by atomic mass is 16.6. The van der Waals surface area contributed by atoms with Crippen molar-refractivity contribution in [3.05, 3.63) is 0 Å². The van der Waals surface area contributed by atoms with E-state index in [4.69, 9.17) is 18.9 Å². The van der Waals surface area contributed by atoms with Crippen LogP contribution in [0.2, 0.25) is 0 Å². The zero-order valence-corrected chi connectivity index (χ0v) is 20.2. The van der Waals surface area contributed by atoms with Crippen molar-refractivity contribution in [2.75, 3.05) is 26.4 Å². The number of unbranched alkanes of at least 4 members (excludes halogenated alkanes) is 6. The van der Waals surface area contributed by atoms with E-state index in [9.17, 15) is 14.4 Å². The lowest BCUT2D eigenvalue weighted by Gasteiger charge is -2.30. The lowest BCUT2D eigenvalue weighted by Crippen LogP contribution is -2.47. The van der Waals surface area contributed by atoms with Crippen LogP contribution in [0.15, 0.2) is 0 Å². The molecule has 0 bridgehead atoms. The van der Waals surface area contributed by atoms with Gasteiger partial charge in [-0.25, -0.2) is 4.79 Å². The van der Waals surface area contributed by atoms with E-state index >= 15 is 0 Å². The molecule has 0 spiro atoms.